The van der Waals surface area contributed by atoms with Crippen molar-refractivity contribution < 1.29 is 18.0 Å². The van der Waals surface area contributed by atoms with Crippen molar-refractivity contribution in [3.63, 3.8) is 0 Å². The van der Waals surface area contributed by atoms with Crippen molar-refractivity contribution in [3.05, 3.63) is 47.9 Å². The van der Waals surface area contributed by atoms with Gasteiger partial charge >= 0.3 is 6.18 Å². The Bertz CT molecular complexity index is 611. The number of rotatable bonds is 2. The topological polar surface area (TPSA) is 68.9 Å². The summed E-state index contributed by atoms with van der Waals surface area (Å²) in [7, 11) is 0. The summed E-state index contributed by atoms with van der Waals surface area (Å²) in [6.07, 6.45) is -2.25. The molecule has 2 N–H and O–H groups in total. The van der Waals surface area contributed by atoms with Gasteiger partial charge in [-0.2, -0.15) is 13.2 Å². The van der Waals surface area contributed by atoms with Crippen LogP contribution in [-0.2, 0) is 6.18 Å². The molecule has 4 nitrogen and oxygen atoms in total. The van der Waals surface area contributed by atoms with Crippen LogP contribution in [0.15, 0.2) is 36.8 Å². The van der Waals surface area contributed by atoms with Crippen molar-refractivity contribution in [2.24, 2.45) is 5.73 Å². The number of nitrogens with zero attached hydrogens (tertiary/aromatic N) is 2. The van der Waals surface area contributed by atoms with Crippen LogP contribution in [0.5, 0.6) is 0 Å². The monoisotopic (exact) mass is 267 g/mol. The smallest absolute Gasteiger partial charge is 0.366 e. The molecular formula is C12H8F3N3O. The number of carbonyl (C=O) groups excluding carboxylic acids is 1. The Labute approximate surface area is 106 Å². The van der Waals surface area contributed by atoms with Crippen molar-refractivity contribution in [1.29, 1.82) is 0 Å². The second-order valence-electron chi connectivity index (χ2n) is 3.68. The predicted octanol–water partition coefficient (Wildman–Crippen LogP) is 2.26. The van der Waals surface area contributed by atoms with Gasteiger partial charge in [0.05, 0.1) is 16.8 Å². The van der Waals surface area contributed by atoms with Gasteiger partial charge in [0.15, 0.2) is 0 Å². The van der Waals surface area contributed by atoms with Gasteiger partial charge in [-0.3, -0.25) is 4.79 Å². The van der Waals surface area contributed by atoms with Gasteiger partial charge in [0.1, 0.15) is 6.33 Å². The number of carbonyl (C=O) groups is 1. The van der Waals surface area contributed by atoms with Crippen molar-refractivity contribution >= 4 is 5.91 Å². The number of hydrogen-bond acceptors (Lipinski definition) is 3. The van der Waals surface area contributed by atoms with E-state index in [2.05, 4.69) is 9.97 Å². The maximum absolute atomic E-state index is 13.1. The number of nitrogens with two attached hydrogens (primary N) is 1. The molecule has 0 unspecified atom stereocenters. The molecule has 2 rings (SSSR count). The minimum absolute atomic E-state index is 0.0745. The largest absolute Gasteiger partial charge is 0.417 e. The Morgan fingerprint density at radius 1 is 1.21 bits per heavy atom. The Morgan fingerprint density at radius 2 is 1.95 bits per heavy atom. The highest BCUT2D eigenvalue weighted by Crippen LogP contribution is 2.38. The van der Waals surface area contributed by atoms with E-state index >= 15 is 0 Å². The molecule has 0 radical (unpaired) electrons. The summed E-state index contributed by atoms with van der Waals surface area (Å²) in [5.41, 5.74) is 3.20. The molecule has 0 atom stereocenters. The molecule has 0 saturated carbocycles. The number of benzene rings is 1. The van der Waals surface area contributed by atoms with Crippen molar-refractivity contribution in [3.8, 4) is 11.3 Å². The van der Waals surface area contributed by atoms with Gasteiger partial charge < -0.3 is 5.73 Å². The van der Waals surface area contributed by atoms with E-state index in [-0.39, 0.29) is 11.3 Å². The first-order valence-corrected chi connectivity index (χ1v) is 5.17. The van der Waals surface area contributed by atoms with Crippen LogP contribution in [0.1, 0.15) is 15.9 Å². The summed E-state index contributed by atoms with van der Waals surface area (Å²) < 4.78 is 39.3. The SMILES string of the molecule is NC(=O)c1cccc(-c2ccncn2)c1C(F)(F)F. The molecule has 2 aromatic rings. The van der Waals surface area contributed by atoms with Crippen LogP contribution in [0.2, 0.25) is 0 Å². The van der Waals surface area contributed by atoms with Crippen LogP contribution in [0.25, 0.3) is 11.3 Å². The van der Waals surface area contributed by atoms with Crippen molar-refractivity contribution in [2.45, 2.75) is 6.18 Å². The normalized spacial score (nSPS) is 11.3. The summed E-state index contributed by atoms with van der Waals surface area (Å²) >= 11 is 0. The summed E-state index contributed by atoms with van der Waals surface area (Å²) in [6.45, 7) is 0. The zero-order valence-corrected chi connectivity index (χ0v) is 9.48. The van der Waals surface area contributed by atoms with Gasteiger partial charge in [-0.1, -0.05) is 12.1 Å². The summed E-state index contributed by atoms with van der Waals surface area (Å²) in [6, 6.07) is 4.93. The maximum atomic E-state index is 13.1. The molecule has 1 aromatic heterocycles. The van der Waals surface area contributed by atoms with E-state index in [1.165, 1.54) is 24.4 Å². The molecule has 0 bridgehead atoms. The first-order chi connectivity index (χ1) is 8.91. The van der Waals surface area contributed by atoms with Gasteiger partial charge in [-0.15, -0.1) is 0 Å². The van der Waals surface area contributed by atoms with Gasteiger partial charge in [0.2, 0.25) is 5.91 Å². The summed E-state index contributed by atoms with van der Waals surface area (Å²) in [4.78, 5) is 18.5. The molecule has 1 heterocycles. The molecule has 19 heavy (non-hydrogen) atoms. The molecule has 1 aromatic carbocycles. The third kappa shape index (κ3) is 2.54. The predicted molar refractivity (Wildman–Crippen MR) is 61.0 cm³/mol. The fourth-order valence-electron chi connectivity index (χ4n) is 1.73. The number of amides is 1. The van der Waals surface area contributed by atoms with E-state index in [1.807, 2.05) is 0 Å². The lowest BCUT2D eigenvalue weighted by molar-refractivity contribution is -0.137. The number of primary amides is 1. The first kappa shape index (κ1) is 13.0. The van der Waals surface area contributed by atoms with E-state index in [0.717, 1.165) is 12.4 Å². The molecule has 98 valence electrons. The van der Waals surface area contributed by atoms with Crippen LogP contribution in [0.3, 0.4) is 0 Å². The Balaban J connectivity index is 2.75. The van der Waals surface area contributed by atoms with E-state index in [9.17, 15) is 18.0 Å². The van der Waals surface area contributed by atoms with Crippen LogP contribution < -0.4 is 5.73 Å². The Hall–Kier alpha value is -2.44. The molecule has 0 aliphatic rings. The average Bonchev–Trinajstić information content (AvgIpc) is 2.38. The second-order valence-corrected chi connectivity index (χ2v) is 3.68. The lowest BCUT2D eigenvalue weighted by Crippen LogP contribution is -2.20. The maximum Gasteiger partial charge on any atom is 0.417 e. The van der Waals surface area contributed by atoms with Crippen LogP contribution >= 0.6 is 0 Å². The molecule has 1 amide bonds. The molecule has 0 spiro atoms. The number of hydrogen-bond donors (Lipinski definition) is 1. The highest BCUT2D eigenvalue weighted by atomic mass is 19.4. The molecule has 0 aliphatic carbocycles. The summed E-state index contributed by atoms with van der Waals surface area (Å²) in [5.74, 6) is -1.14. The average molecular weight is 267 g/mol. The highest BCUT2D eigenvalue weighted by Gasteiger charge is 2.37. The molecule has 7 heteroatoms. The lowest BCUT2D eigenvalue weighted by Gasteiger charge is -2.15. The van der Waals surface area contributed by atoms with E-state index < -0.39 is 23.2 Å². The lowest BCUT2D eigenvalue weighted by atomic mass is 9.97. The van der Waals surface area contributed by atoms with E-state index in [0.29, 0.717) is 0 Å². The zero-order chi connectivity index (χ0) is 14.0. The highest BCUT2D eigenvalue weighted by molar-refractivity contribution is 5.96. The fraction of sp³-hybridized carbons (Fsp3) is 0.0833. The van der Waals surface area contributed by atoms with E-state index in [1.54, 1.807) is 0 Å². The van der Waals surface area contributed by atoms with Gasteiger partial charge in [-0.25, -0.2) is 9.97 Å². The molecule has 0 aliphatic heterocycles. The van der Waals surface area contributed by atoms with Gasteiger partial charge in [0.25, 0.3) is 0 Å². The molecular weight excluding hydrogens is 259 g/mol. The second kappa shape index (κ2) is 4.68. The standard InChI is InChI=1S/C12H8F3N3O/c13-12(14,15)10-7(9-4-5-17-6-18-9)2-1-3-8(10)11(16)19/h1-6H,(H2,16,19). The van der Waals surface area contributed by atoms with Gasteiger partial charge in [-0.05, 0) is 12.1 Å². The quantitative estimate of drug-likeness (QED) is 0.907. The van der Waals surface area contributed by atoms with Crippen molar-refractivity contribution in [1.82, 2.24) is 9.97 Å². The number of halogens is 3. The Morgan fingerprint density at radius 3 is 2.47 bits per heavy atom. The third-order valence-corrected chi connectivity index (χ3v) is 2.47. The van der Waals surface area contributed by atoms with Crippen LogP contribution in [0.4, 0.5) is 13.2 Å². The third-order valence-electron chi connectivity index (χ3n) is 2.47. The van der Waals surface area contributed by atoms with Gasteiger partial charge in [0, 0.05) is 11.8 Å². The van der Waals surface area contributed by atoms with Crippen LogP contribution in [-0.4, -0.2) is 15.9 Å². The zero-order valence-electron chi connectivity index (χ0n) is 9.48. The number of aromatic nitrogens is 2. The fourth-order valence-corrected chi connectivity index (χ4v) is 1.73. The van der Waals surface area contributed by atoms with Crippen molar-refractivity contribution in [2.75, 3.05) is 0 Å². The number of alkyl halides is 3. The van der Waals surface area contributed by atoms with E-state index in [4.69, 9.17) is 5.73 Å². The molecule has 0 fully saturated rings. The minimum Gasteiger partial charge on any atom is -0.366 e. The summed E-state index contributed by atoms with van der Waals surface area (Å²) in [5, 5.41) is 0. The Kier molecular flexibility index (Phi) is 3.20. The van der Waals surface area contributed by atoms with Crippen LogP contribution in [0, 0.1) is 0 Å². The molecule has 0 saturated heterocycles. The minimum atomic E-state index is -4.70. The first-order valence-electron chi connectivity index (χ1n) is 5.17.